The molecular weight excluding hydrogens is 305 g/mol. The average Bonchev–Trinajstić information content (AvgIpc) is 2.55. The summed E-state index contributed by atoms with van der Waals surface area (Å²) < 4.78 is 37.6. The van der Waals surface area contributed by atoms with Crippen LogP contribution < -0.4 is 10.2 Å². The zero-order chi connectivity index (χ0) is 16.3. The zero-order valence-corrected chi connectivity index (χ0v) is 12.4. The first kappa shape index (κ1) is 15.6. The summed E-state index contributed by atoms with van der Waals surface area (Å²) in [5.74, 6) is 0.484. The highest BCUT2D eigenvalue weighted by Crippen LogP contribution is 2.28. The van der Waals surface area contributed by atoms with E-state index in [1.54, 1.807) is 0 Å². The molecule has 1 fully saturated rings. The number of para-hydroxylation sites is 1. The molecular formula is C16H17F3N4. The summed E-state index contributed by atoms with van der Waals surface area (Å²) in [5, 5.41) is 10.5. The van der Waals surface area contributed by atoms with Gasteiger partial charge in [-0.25, -0.2) is 0 Å². The maximum absolute atomic E-state index is 12.5. The number of alkyl halides is 3. The van der Waals surface area contributed by atoms with Crippen LogP contribution in [0, 0.1) is 0 Å². The summed E-state index contributed by atoms with van der Waals surface area (Å²) in [5.41, 5.74) is 0.0788. The van der Waals surface area contributed by atoms with Crippen molar-refractivity contribution in [2.75, 3.05) is 23.3 Å². The van der Waals surface area contributed by atoms with E-state index in [1.807, 2.05) is 35.2 Å². The van der Waals surface area contributed by atoms with Gasteiger partial charge in [0.2, 0.25) is 0 Å². The maximum Gasteiger partial charge on any atom is 0.435 e. The van der Waals surface area contributed by atoms with Crippen LogP contribution in [0.5, 0.6) is 0 Å². The number of nitrogens with one attached hydrogen (secondary N) is 1. The van der Waals surface area contributed by atoms with Gasteiger partial charge in [0.1, 0.15) is 0 Å². The molecule has 1 aromatic heterocycles. The van der Waals surface area contributed by atoms with Gasteiger partial charge in [0, 0.05) is 24.8 Å². The van der Waals surface area contributed by atoms with E-state index >= 15 is 0 Å². The number of aromatic nitrogens is 2. The molecule has 2 aromatic rings. The quantitative estimate of drug-likeness (QED) is 0.938. The van der Waals surface area contributed by atoms with Crippen molar-refractivity contribution in [3.8, 4) is 0 Å². The van der Waals surface area contributed by atoms with Crippen LogP contribution in [-0.2, 0) is 6.18 Å². The number of rotatable bonds is 3. The van der Waals surface area contributed by atoms with Crippen molar-refractivity contribution in [2.45, 2.75) is 25.1 Å². The molecule has 7 heteroatoms. The largest absolute Gasteiger partial charge is 0.435 e. The molecule has 1 saturated heterocycles. The van der Waals surface area contributed by atoms with Crippen molar-refractivity contribution in [1.29, 1.82) is 0 Å². The second-order valence-corrected chi connectivity index (χ2v) is 5.57. The molecule has 4 nitrogen and oxygen atoms in total. The second-order valence-electron chi connectivity index (χ2n) is 5.57. The van der Waals surface area contributed by atoms with Crippen molar-refractivity contribution < 1.29 is 13.2 Å². The Morgan fingerprint density at radius 3 is 2.48 bits per heavy atom. The van der Waals surface area contributed by atoms with Crippen molar-refractivity contribution in [3.05, 3.63) is 48.2 Å². The second kappa shape index (κ2) is 6.44. The molecule has 1 aromatic carbocycles. The van der Waals surface area contributed by atoms with Crippen molar-refractivity contribution in [3.63, 3.8) is 0 Å². The lowest BCUT2D eigenvalue weighted by molar-refractivity contribution is -0.141. The summed E-state index contributed by atoms with van der Waals surface area (Å²) in [6.45, 7) is 1.46. The van der Waals surface area contributed by atoms with Gasteiger partial charge in [-0.05, 0) is 37.1 Å². The van der Waals surface area contributed by atoms with E-state index in [4.69, 9.17) is 0 Å². The summed E-state index contributed by atoms with van der Waals surface area (Å²) in [6, 6.07) is 12.5. The van der Waals surface area contributed by atoms with Gasteiger partial charge >= 0.3 is 6.18 Å². The minimum absolute atomic E-state index is 0.232. The SMILES string of the molecule is FC(F)(F)c1ccc(N2CCCC(Nc3ccccc3)C2)nn1. The lowest BCUT2D eigenvalue weighted by Crippen LogP contribution is -2.42. The lowest BCUT2D eigenvalue weighted by atomic mass is 10.1. The average molecular weight is 322 g/mol. The maximum atomic E-state index is 12.5. The standard InChI is InChI=1S/C16H17F3N4/c17-16(18,19)14-8-9-15(22-21-14)23-10-4-7-13(11-23)20-12-5-2-1-3-6-12/h1-3,5-6,8-9,13,20H,4,7,10-11H2. The third-order valence-electron chi connectivity index (χ3n) is 3.83. The fourth-order valence-electron chi connectivity index (χ4n) is 2.72. The number of hydrogen-bond donors (Lipinski definition) is 1. The predicted octanol–water partition coefficient (Wildman–Crippen LogP) is 3.58. The zero-order valence-electron chi connectivity index (χ0n) is 12.4. The number of benzene rings is 1. The highest BCUT2D eigenvalue weighted by atomic mass is 19.4. The smallest absolute Gasteiger partial charge is 0.381 e. The number of hydrogen-bond acceptors (Lipinski definition) is 4. The summed E-state index contributed by atoms with van der Waals surface area (Å²) in [7, 11) is 0. The highest BCUT2D eigenvalue weighted by Gasteiger charge is 2.33. The van der Waals surface area contributed by atoms with Crippen LogP contribution in [-0.4, -0.2) is 29.3 Å². The van der Waals surface area contributed by atoms with E-state index in [2.05, 4.69) is 15.5 Å². The van der Waals surface area contributed by atoms with Crippen molar-refractivity contribution in [2.24, 2.45) is 0 Å². The Morgan fingerprint density at radius 1 is 1.04 bits per heavy atom. The minimum atomic E-state index is -4.45. The van der Waals surface area contributed by atoms with Crippen molar-refractivity contribution in [1.82, 2.24) is 10.2 Å². The lowest BCUT2D eigenvalue weighted by Gasteiger charge is -2.34. The molecule has 1 aliphatic heterocycles. The fourth-order valence-corrected chi connectivity index (χ4v) is 2.72. The molecule has 0 radical (unpaired) electrons. The van der Waals surface area contributed by atoms with E-state index in [0.29, 0.717) is 12.4 Å². The summed E-state index contributed by atoms with van der Waals surface area (Å²) in [4.78, 5) is 1.97. The van der Waals surface area contributed by atoms with E-state index in [-0.39, 0.29) is 6.04 Å². The Kier molecular flexibility index (Phi) is 4.36. The van der Waals surface area contributed by atoms with Crippen LogP contribution in [0.4, 0.5) is 24.7 Å². The first-order valence-electron chi connectivity index (χ1n) is 7.50. The van der Waals surface area contributed by atoms with Crippen LogP contribution in [0.25, 0.3) is 0 Å². The van der Waals surface area contributed by atoms with Crippen LogP contribution >= 0.6 is 0 Å². The van der Waals surface area contributed by atoms with E-state index in [9.17, 15) is 13.2 Å². The molecule has 0 bridgehead atoms. The van der Waals surface area contributed by atoms with Crippen molar-refractivity contribution >= 4 is 11.5 Å². The van der Waals surface area contributed by atoms with Gasteiger partial charge in [-0.1, -0.05) is 18.2 Å². The summed E-state index contributed by atoms with van der Waals surface area (Å²) in [6.07, 6.45) is -2.49. The Bertz CT molecular complexity index is 628. The van der Waals surface area contributed by atoms with Gasteiger partial charge in [-0.3, -0.25) is 0 Å². The van der Waals surface area contributed by atoms with Crippen LogP contribution in [0.15, 0.2) is 42.5 Å². The monoisotopic (exact) mass is 322 g/mol. The Morgan fingerprint density at radius 2 is 1.83 bits per heavy atom. The molecule has 0 spiro atoms. The number of nitrogens with zero attached hydrogens (tertiary/aromatic N) is 3. The molecule has 2 heterocycles. The Labute approximate surface area is 132 Å². The molecule has 1 unspecified atom stereocenters. The molecule has 0 aliphatic carbocycles. The Balaban J connectivity index is 1.66. The third-order valence-corrected chi connectivity index (χ3v) is 3.83. The van der Waals surface area contributed by atoms with Crippen LogP contribution in [0.3, 0.4) is 0 Å². The van der Waals surface area contributed by atoms with Crippen LogP contribution in [0.1, 0.15) is 18.5 Å². The van der Waals surface area contributed by atoms with Gasteiger partial charge in [0.05, 0.1) is 0 Å². The number of piperidine rings is 1. The normalized spacial score (nSPS) is 18.7. The van der Waals surface area contributed by atoms with E-state index in [0.717, 1.165) is 31.1 Å². The minimum Gasteiger partial charge on any atom is -0.381 e. The molecule has 23 heavy (non-hydrogen) atoms. The molecule has 1 atom stereocenters. The first-order chi connectivity index (χ1) is 11.0. The first-order valence-corrected chi connectivity index (χ1v) is 7.50. The molecule has 3 rings (SSSR count). The molecule has 1 aliphatic rings. The molecule has 122 valence electrons. The Hall–Kier alpha value is -2.31. The van der Waals surface area contributed by atoms with Gasteiger partial charge in [-0.15, -0.1) is 10.2 Å². The van der Waals surface area contributed by atoms with Gasteiger partial charge in [0.15, 0.2) is 11.5 Å². The molecule has 1 N–H and O–H groups in total. The van der Waals surface area contributed by atoms with E-state index in [1.165, 1.54) is 6.07 Å². The molecule has 0 amide bonds. The van der Waals surface area contributed by atoms with Gasteiger partial charge in [0.25, 0.3) is 0 Å². The van der Waals surface area contributed by atoms with Crippen LogP contribution in [0.2, 0.25) is 0 Å². The highest BCUT2D eigenvalue weighted by molar-refractivity contribution is 5.45. The topological polar surface area (TPSA) is 41.0 Å². The number of anilines is 2. The number of halogens is 3. The summed E-state index contributed by atoms with van der Waals surface area (Å²) >= 11 is 0. The molecule has 0 saturated carbocycles. The van der Waals surface area contributed by atoms with Gasteiger partial charge < -0.3 is 10.2 Å². The fraction of sp³-hybridized carbons (Fsp3) is 0.375. The predicted molar refractivity (Wildman–Crippen MR) is 82.3 cm³/mol. The van der Waals surface area contributed by atoms with Gasteiger partial charge in [-0.2, -0.15) is 13.2 Å². The third kappa shape index (κ3) is 3.91. The van der Waals surface area contributed by atoms with E-state index < -0.39 is 11.9 Å².